The van der Waals surface area contributed by atoms with Crippen molar-refractivity contribution in [2.24, 2.45) is 0 Å². The molecule has 2 heterocycles. The molecular formula is C28H36N2O4S4. The van der Waals surface area contributed by atoms with E-state index in [1.54, 1.807) is 21.6 Å². The zero-order valence-electron chi connectivity index (χ0n) is 22.0. The number of hydrogen-bond acceptors (Lipinski definition) is 8. The summed E-state index contributed by atoms with van der Waals surface area (Å²) in [5, 5.41) is 0. The van der Waals surface area contributed by atoms with E-state index in [1.807, 2.05) is 24.3 Å². The minimum absolute atomic E-state index is 0.0358. The summed E-state index contributed by atoms with van der Waals surface area (Å²) < 4.78 is 25.7. The van der Waals surface area contributed by atoms with Crippen LogP contribution >= 0.6 is 46.0 Å². The molecule has 2 aliphatic heterocycles. The van der Waals surface area contributed by atoms with E-state index in [0.29, 0.717) is 39.5 Å². The molecule has 0 bridgehead atoms. The van der Waals surface area contributed by atoms with Crippen LogP contribution in [0.3, 0.4) is 0 Å². The Morgan fingerprint density at radius 3 is 1.53 bits per heavy atom. The third-order valence-corrected chi connectivity index (χ3v) is 10.0. The van der Waals surface area contributed by atoms with Crippen LogP contribution in [-0.2, 0) is 9.47 Å². The number of nitrogens with zero attached hydrogens (tertiary/aromatic N) is 2. The zero-order valence-corrected chi connectivity index (χ0v) is 25.3. The van der Waals surface area contributed by atoms with E-state index in [4.69, 9.17) is 43.4 Å². The lowest BCUT2D eigenvalue weighted by Crippen LogP contribution is -2.38. The van der Waals surface area contributed by atoms with Crippen LogP contribution in [0.4, 0.5) is 0 Å². The van der Waals surface area contributed by atoms with Crippen LogP contribution in [-0.4, -0.2) is 83.3 Å². The molecule has 0 saturated carbocycles. The highest BCUT2D eigenvalue weighted by Crippen LogP contribution is 2.30. The summed E-state index contributed by atoms with van der Waals surface area (Å²) in [6.07, 6.45) is 1.80. The number of rotatable bonds is 6. The van der Waals surface area contributed by atoms with Crippen molar-refractivity contribution in [2.75, 3.05) is 52.6 Å². The van der Waals surface area contributed by atoms with Gasteiger partial charge in [0, 0.05) is 39.4 Å². The number of hydrogen-bond donors (Lipinski definition) is 0. The summed E-state index contributed by atoms with van der Waals surface area (Å²) in [7, 11) is 3.11. The molecule has 0 N–H and O–H groups in total. The molecule has 0 aliphatic carbocycles. The minimum Gasteiger partial charge on any atom is -0.491 e. The average Bonchev–Trinajstić information content (AvgIpc) is 3.32. The number of benzene rings is 2. The molecule has 2 fully saturated rings. The quantitative estimate of drug-likeness (QED) is 0.300. The van der Waals surface area contributed by atoms with Crippen LogP contribution in [0.25, 0.3) is 0 Å². The van der Waals surface area contributed by atoms with Crippen molar-refractivity contribution in [3.8, 4) is 11.5 Å². The molecule has 0 aromatic heterocycles. The number of thiocarbonyl (C=S) groups is 2. The first kappa shape index (κ1) is 29.4. The van der Waals surface area contributed by atoms with Crippen molar-refractivity contribution in [1.29, 1.82) is 0 Å². The lowest BCUT2D eigenvalue weighted by atomic mass is 10.2. The first-order valence-electron chi connectivity index (χ1n) is 13.0. The second-order valence-corrected chi connectivity index (χ2v) is 12.9. The van der Waals surface area contributed by atoms with E-state index in [9.17, 15) is 0 Å². The highest BCUT2D eigenvalue weighted by molar-refractivity contribution is 8.89. The Morgan fingerprint density at radius 1 is 0.737 bits per heavy atom. The number of aryl methyl sites for hydroxylation is 2. The molecule has 0 amide bonds. The van der Waals surface area contributed by atoms with E-state index in [2.05, 4.69) is 47.9 Å². The maximum atomic E-state index is 6.03. The van der Waals surface area contributed by atoms with Gasteiger partial charge >= 0.3 is 0 Å². The van der Waals surface area contributed by atoms with Crippen molar-refractivity contribution < 1.29 is 18.9 Å². The normalized spacial score (nSPS) is 20.4. The van der Waals surface area contributed by atoms with Crippen LogP contribution < -0.4 is 9.47 Å². The van der Waals surface area contributed by atoms with E-state index in [0.717, 1.165) is 46.1 Å². The fourth-order valence-corrected chi connectivity index (χ4v) is 6.84. The molecule has 0 radical (unpaired) electrons. The van der Waals surface area contributed by atoms with Crippen LogP contribution in [0.1, 0.15) is 24.0 Å². The van der Waals surface area contributed by atoms with E-state index in [-0.39, 0.29) is 12.2 Å². The summed E-state index contributed by atoms with van der Waals surface area (Å²) in [5.41, 5.74) is 2.43. The van der Waals surface area contributed by atoms with E-state index in [1.165, 1.54) is 11.1 Å². The Balaban J connectivity index is 1.22. The van der Waals surface area contributed by atoms with Gasteiger partial charge in [0.15, 0.2) is 0 Å². The molecule has 6 nitrogen and oxygen atoms in total. The fourth-order valence-electron chi connectivity index (χ4n) is 4.15. The highest BCUT2D eigenvalue weighted by atomic mass is 33.1. The van der Waals surface area contributed by atoms with Gasteiger partial charge in [-0.25, -0.2) is 0 Å². The average molecular weight is 593 g/mol. The molecule has 2 atom stereocenters. The molecule has 10 heteroatoms. The second kappa shape index (κ2) is 15.3. The molecule has 2 unspecified atom stereocenters. The summed E-state index contributed by atoms with van der Waals surface area (Å²) >= 11 is 11.6. The molecular weight excluding hydrogens is 557 g/mol. The van der Waals surface area contributed by atoms with Gasteiger partial charge in [-0.2, -0.15) is 0 Å². The van der Waals surface area contributed by atoms with Gasteiger partial charge in [0.2, 0.25) is 0 Å². The third-order valence-electron chi connectivity index (χ3n) is 6.31. The maximum absolute atomic E-state index is 6.03. The zero-order chi connectivity index (χ0) is 26.7. The van der Waals surface area contributed by atoms with Crippen molar-refractivity contribution in [3.05, 3.63) is 59.7 Å². The van der Waals surface area contributed by atoms with Gasteiger partial charge in [-0.05, 0) is 72.5 Å². The smallest absolute Gasteiger partial charge is 0.147 e. The van der Waals surface area contributed by atoms with Gasteiger partial charge in [-0.15, -0.1) is 0 Å². The predicted molar refractivity (Wildman–Crippen MR) is 166 cm³/mol. The Morgan fingerprint density at radius 2 is 1.13 bits per heavy atom. The molecule has 2 saturated heterocycles. The third kappa shape index (κ3) is 9.57. The number of ether oxygens (including phenoxy) is 4. The molecule has 206 valence electrons. The fraction of sp³-hybridized carbons (Fsp3) is 0.500. The molecule has 38 heavy (non-hydrogen) atoms. The Labute approximate surface area is 245 Å². The van der Waals surface area contributed by atoms with Crippen molar-refractivity contribution in [2.45, 2.75) is 38.9 Å². The van der Waals surface area contributed by atoms with Gasteiger partial charge in [-0.1, -0.05) is 59.8 Å². The monoisotopic (exact) mass is 592 g/mol. The molecule has 0 spiro atoms. The predicted octanol–water partition coefficient (Wildman–Crippen LogP) is 5.89. The molecule has 2 aromatic rings. The Bertz CT molecular complexity index is 955. The van der Waals surface area contributed by atoms with Crippen molar-refractivity contribution in [1.82, 2.24) is 9.80 Å². The Hall–Kier alpha value is -1.56. The first-order chi connectivity index (χ1) is 18.5. The van der Waals surface area contributed by atoms with Crippen LogP contribution in [0.15, 0.2) is 48.5 Å². The highest BCUT2D eigenvalue weighted by Gasteiger charge is 2.25. The lowest BCUT2D eigenvalue weighted by Gasteiger charge is -2.27. The van der Waals surface area contributed by atoms with Crippen molar-refractivity contribution in [3.63, 3.8) is 0 Å². The minimum atomic E-state index is -0.0358. The molecule has 2 aromatic carbocycles. The van der Waals surface area contributed by atoms with Crippen LogP contribution in [0.2, 0.25) is 0 Å². The van der Waals surface area contributed by atoms with Gasteiger partial charge in [0.05, 0.1) is 0 Å². The SMILES string of the molecule is Cc1ccc(OCC2CN(C(=S)SSC(=S)N3CCCOC(COc4ccc(C)cc4)C3)CCCO2)cc1. The maximum Gasteiger partial charge on any atom is 0.147 e. The van der Waals surface area contributed by atoms with Crippen LogP contribution in [0.5, 0.6) is 11.5 Å². The summed E-state index contributed by atoms with van der Waals surface area (Å²) in [5.74, 6) is 1.72. The van der Waals surface area contributed by atoms with Gasteiger partial charge in [0.1, 0.15) is 45.6 Å². The van der Waals surface area contributed by atoms with Gasteiger partial charge in [-0.3, -0.25) is 0 Å². The molecule has 2 aliphatic rings. The topological polar surface area (TPSA) is 43.4 Å². The van der Waals surface area contributed by atoms with E-state index < -0.39 is 0 Å². The first-order valence-corrected chi connectivity index (χ1v) is 16.0. The summed E-state index contributed by atoms with van der Waals surface area (Å²) in [4.78, 5) is 4.44. The standard InChI is InChI=1S/C28H36N2O4S4/c1-21-5-9-23(10-6-21)33-19-25-17-29(13-3-15-31-25)27(35)37-38-28(36)30-14-4-16-32-26(18-30)20-34-24-11-7-22(2)8-12-24/h5-12,25-26H,3-4,13-20H2,1-2H3. The summed E-state index contributed by atoms with van der Waals surface area (Å²) in [6, 6.07) is 16.2. The lowest BCUT2D eigenvalue weighted by molar-refractivity contribution is 0.0268. The van der Waals surface area contributed by atoms with Gasteiger partial charge < -0.3 is 28.7 Å². The summed E-state index contributed by atoms with van der Waals surface area (Å²) in [6.45, 7) is 9.70. The van der Waals surface area contributed by atoms with Crippen LogP contribution in [0, 0.1) is 13.8 Å². The van der Waals surface area contributed by atoms with Crippen molar-refractivity contribution >= 4 is 54.7 Å². The van der Waals surface area contributed by atoms with E-state index >= 15 is 0 Å². The molecule has 4 rings (SSSR count). The largest absolute Gasteiger partial charge is 0.491 e. The van der Waals surface area contributed by atoms with Gasteiger partial charge in [0.25, 0.3) is 0 Å². The second-order valence-electron chi connectivity index (χ2n) is 9.53. The Kier molecular flexibility index (Phi) is 11.8.